The summed E-state index contributed by atoms with van der Waals surface area (Å²) in [5.41, 5.74) is 2.30. The molecule has 0 fully saturated rings. The standard InChI is InChI=1S/C24H35N5O5/c1-14-11-29(15(2)13-30)22(31)10-18-9-19(7-8-20(18)33-21(14)12-28(5)6)25-24(32)26-23-16(3)27-34-17(23)4/h7-9,14-15,21,30H,10-13H2,1-6H3,(H2,25,26,32)/t14-,15+,21-/m0/s1. The lowest BCUT2D eigenvalue weighted by atomic mass is 10.0. The molecule has 3 rings (SSSR count). The number of aromatic nitrogens is 1. The van der Waals surface area contributed by atoms with Crippen molar-refractivity contribution in [2.75, 3.05) is 44.4 Å². The number of benzene rings is 1. The van der Waals surface area contributed by atoms with Crippen molar-refractivity contribution >= 4 is 23.3 Å². The van der Waals surface area contributed by atoms with Gasteiger partial charge in [-0.05, 0) is 53.1 Å². The summed E-state index contributed by atoms with van der Waals surface area (Å²) in [4.78, 5) is 29.5. The van der Waals surface area contributed by atoms with Gasteiger partial charge in [-0.3, -0.25) is 4.79 Å². The van der Waals surface area contributed by atoms with Crippen molar-refractivity contribution in [3.8, 4) is 5.75 Å². The average Bonchev–Trinajstić information content (AvgIpc) is 3.10. The van der Waals surface area contributed by atoms with Crippen LogP contribution in [0.3, 0.4) is 0 Å². The first-order valence-electron chi connectivity index (χ1n) is 11.4. The molecule has 0 aliphatic carbocycles. The van der Waals surface area contributed by atoms with Gasteiger partial charge in [-0.25, -0.2) is 4.79 Å². The fraction of sp³-hybridized carbons (Fsp3) is 0.542. The molecule has 1 aliphatic heterocycles. The number of aryl methyl sites for hydroxylation is 2. The van der Waals surface area contributed by atoms with Crippen LogP contribution >= 0.6 is 0 Å². The molecule has 1 aromatic heterocycles. The van der Waals surface area contributed by atoms with E-state index in [9.17, 15) is 14.7 Å². The molecule has 1 aromatic carbocycles. The minimum atomic E-state index is -0.445. The number of hydrogen-bond acceptors (Lipinski definition) is 7. The third-order valence-corrected chi connectivity index (χ3v) is 5.99. The number of ether oxygens (including phenoxy) is 1. The number of rotatable bonds is 6. The van der Waals surface area contributed by atoms with Gasteiger partial charge < -0.3 is 34.8 Å². The minimum absolute atomic E-state index is 0.0462. The van der Waals surface area contributed by atoms with E-state index in [1.165, 1.54) is 0 Å². The Morgan fingerprint density at radius 3 is 2.68 bits per heavy atom. The van der Waals surface area contributed by atoms with Crippen LogP contribution in [-0.4, -0.2) is 77.9 Å². The number of nitrogens with zero attached hydrogens (tertiary/aromatic N) is 3. The van der Waals surface area contributed by atoms with Gasteiger partial charge in [0, 0.05) is 30.3 Å². The first kappa shape index (κ1) is 25.5. The van der Waals surface area contributed by atoms with Crippen LogP contribution in [0.2, 0.25) is 0 Å². The van der Waals surface area contributed by atoms with E-state index in [0.29, 0.717) is 47.2 Å². The van der Waals surface area contributed by atoms with Gasteiger partial charge in [0.1, 0.15) is 23.2 Å². The first-order valence-corrected chi connectivity index (χ1v) is 11.4. The molecule has 3 amide bonds. The van der Waals surface area contributed by atoms with Gasteiger partial charge in [-0.1, -0.05) is 12.1 Å². The Bertz CT molecular complexity index is 1000. The van der Waals surface area contributed by atoms with E-state index in [0.717, 1.165) is 0 Å². The largest absolute Gasteiger partial charge is 0.488 e. The minimum Gasteiger partial charge on any atom is -0.488 e. The highest BCUT2D eigenvalue weighted by Crippen LogP contribution is 2.29. The second-order valence-corrected chi connectivity index (χ2v) is 9.25. The van der Waals surface area contributed by atoms with Crippen molar-refractivity contribution in [3.63, 3.8) is 0 Å². The zero-order valence-electron chi connectivity index (χ0n) is 20.7. The molecule has 186 valence electrons. The molecular formula is C24H35N5O5. The van der Waals surface area contributed by atoms with Crippen molar-refractivity contribution in [1.29, 1.82) is 0 Å². The van der Waals surface area contributed by atoms with Crippen LogP contribution in [-0.2, 0) is 11.2 Å². The molecule has 0 bridgehead atoms. The predicted molar refractivity (Wildman–Crippen MR) is 129 cm³/mol. The normalized spacial score (nSPS) is 19.5. The Labute approximate surface area is 200 Å². The van der Waals surface area contributed by atoms with E-state index in [4.69, 9.17) is 9.26 Å². The van der Waals surface area contributed by atoms with Gasteiger partial charge in [-0.15, -0.1) is 0 Å². The smallest absolute Gasteiger partial charge is 0.323 e. The molecule has 3 atom stereocenters. The van der Waals surface area contributed by atoms with Gasteiger partial charge in [0.25, 0.3) is 0 Å². The van der Waals surface area contributed by atoms with Crippen LogP contribution < -0.4 is 15.4 Å². The van der Waals surface area contributed by atoms with Gasteiger partial charge in [0.2, 0.25) is 5.91 Å². The van der Waals surface area contributed by atoms with Crippen molar-refractivity contribution in [1.82, 2.24) is 15.0 Å². The maximum absolute atomic E-state index is 13.2. The number of nitrogens with one attached hydrogen (secondary N) is 2. The predicted octanol–water partition coefficient (Wildman–Crippen LogP) is 2.65. The molecule has 1 aliphatic rings. The zero-order chi connectivity index (χ0) is 25.0. The Balaban J connectivity index is 1.87. The maximum atomic E-state index is 13.2. The highest BCUT2D eigenvalue weighted by molar-refractivity contribution is 6.00. The van der Waals surface area contributed by atoms with E-state index in [2.05, 4.69) is 27.6 Å². The fourth-order valence-electron chi connectivity index (χ4n) is 4.02. The molecule has 0 saturated heterocycles. The molecule has 3 N–H and O–H groups in total. The van der Waals surface area contributed by atoms with E-state index < -0.39 is 6.03 Å². The molecule has 0 unspecified atom stereocenters. The highest BCUT2D eigenvalue weighted by Gasteiger charge is 2.30. The number of urea groups is 1. The molecular weight excluding hydrogens is 438 g/mol. The number of aliphatic hydroxyl groups excluding tert-OH is 1. The number of amides is 3. The molecule has 0 spiro atoms. The van der Waals surface area contributed by atoms with Gasteiger partial charge in [0.15, 0.2) is 5.76 Å². The lowest BCUT2D eigenvalue weighted by Crippen LogP contribution is -2.47. The van der Waals surface area contributed by atoms with E-state index in [1.54, 1.807) is 36.9 Å². The monoisotopic (exact) mass is 473 g/mol. The van der Waals surface area contributed by atoms with Crippen LogP contribution in [0.4, 0.5) is 16.2 Å². The summed E-state index contributed by atoms with van der Waals surface area (Å²) in [6.45, 7) is 8.40. The van der Waals surface area contributed by atoms with E-state index in [-0.39, 0.29) is 37.0 Å². The summed E-state index contributed by atoms with van der Waals surface area (Å²) in [5.74, 6) is 1.08. The molecule has 10 heteroatoms. The van der Waals surface area contributed by atoms with Crippen LogP contribution in [0, 0.1) is 19.8 Å². The zero-order valence-corrected chi connectivity index (χ0v) is 20.7. The number of carbonyl (C=O) groups is 2. The van der Waals surface area contributed by atoms with Gasteiger partial charge >= 0.3 is 6.03 Å². The summed E-state index contributed by atoms with van der Waals surface area (Å²) in [6, 6.07) is 4.54. The number of hydrogen-bond donors (Lipinski definition) is 3. The summed E-state index contributed by atoms with van der Waals surface area (Å²) in [5, 5.41) is 19.1. The average molecular weight is 474 g/mol. The molecule has 34 heavy (non-hydrogen) atoms. The fourth-order valence-corrected chi connectivity index (χ4v) is 4.02. The Morgan fingerprint density at radius 2 is 2.06 bits per heavy atom. The van der Waals surface area contributed by atoms with Gasteiger partial charge in [0.05, 0.1) is 19.1 Å². The van der Waals surface area contributed by atoms with Crippen LogP contribution in [0.25, 0.3) is 0 Å². The number of carbonyl (C=O) groups excluding carboxylic acids is 2. The summed E-state index contributed by atoms with van der Waals surface area (Å²) in [6.07, 6.45) is -0.0584. The van der Waals surface area contributed by atoms with Crippen molar-refractivity contribution in [2.24, 2.45) is 5.92 Å². The van der Waals surface area contributed by atoms with Crippen LogP contribution in [0.5, 0.6) is 5.75 Å². The van der Waals surface area contributed by atoms with Crippen LogP contribution in [0.1, 0.15) is 30.9 Å². The Kier molecular flexibility index (Phi) is 8.16. The summed E-state index contributed by atoms with van der Waals surface area (Å²) in [7, 11) is 3.96. The van der Waals surface area contributed by atoms with E-state index >= 15 is 0 Å². The molecule has 2 aromatic rings. The second-order valence-electron chi connectivity index (χ2n) is 9.25. The number of likely N-dealkylation sites (N-methyl/N-ethyl adjacent to an activating group) is 1. The third-order valence-electron chi connectivity index (χ3n) is 5.99. The maximum Gasteiger partial charge on any atom is 0.323 e. The second kappa shape index (κ2) is 10.9. The van der Waals surface area contributed by atoms with Crippen LogP contribution in [0.15, 0.2) is 22.7 Å². The SMILES string of the molecule is Cc1noc(C)c1NC(=O)Nc1ccc2c(c1)CC(=O)N([C@H](C)CO)C[C@H](C)[C@H](CN(C)C)O2. The molecule has 0 radical (unpaired) electrons. The molecule has 0 saturated carbocycles. The lowest BCUT2D eigenvalue weighted by Gasteiger charge is -2.33. The third kappa shape index (κ3) is 6.06. The Morgan fingerprint density at radius 1 is 1.32 bits per heavy atom. The van der Waals surface area contributed by atoms with Crippen molar-refractivity contribution < 1.29 is 24.0 Å². The quantitative estimate of drug-likeness (QED) is 0.590. The lowest BCUT2D eigenvalue weighted by molar-refractivity contribution is -0.134. The number of aliphatic hydroxyl groups is 1. The number of fused-ring (bicyclic) bond motifs is 1. The number of anilines is 2. The topological polar surface area (TPSA) is 120 Å². The molecule has 2 heterocycles. The summed E-state index contributed by atoms with van der Waals surface area (Å²) >= 11 is 0. The van der Waals surface area contributed by atoms with Gasteiger partial charge in [-0.2, -0.15) is 0 Å². The van der Waals surface area contributed by atoms with Crippen molar-refractivity contribution in [3.05, 3.63) is 35.2 Å². The summed E-state index contributed by atoms with van der Waals surface area (Å²) < 4.78 is 11.5. The first-order chi connectivity index (χ1) is 16.1. The highest BCUT2D eigenvalue weighted by atomic mass is 16.5. The van der Waals surface area contributed by atoms with Crippen molar-refractivity contribution in [2.45, 2.75) is 46.3 Å². The Hall–Kier alpha value is -3.11. The van der Waals surface area contributed by atoms with E-state index in [1.807, 2.05) is 21.0 Å². The molecule has 10 nitrogen and oxygen atoms in total.